The molecule has 0 amide bonds. The van der Waals surface area contributed by atoms with Crippen molar-refractivity contribution in [3.05, 3.63) is 35.4 Å². The Hall–Kier alpha value is -1.25. The van der Waals surface area contributed by atoms with Gasteiger partial charge in [-0.15, -0.1) is 0 Å². The predicted molar refractivity (Wildman–Crippen MR) is 54.8 cm³/mol. The SMILES string of the molecule is CCCC(C)C(=O)c1cccc(F)c1F. The molecule has 3 heteroatoms. The number of carbonyl (C=O) groups excluding carboxylic acids is 1. The molecule has 0 radical (unpaired) electrons. The highest BCUT2D eigenvalue weighted by atomic mass is 19.2. The predicted octanol–water partition coefficient (Wildman–Crippen LogP) is 3.58. The van der Waals surface area contributed by atoms with Gasteiger partial charge in [0.05, 0.1) is 5.56 Å². The molecule has 1 aromatic rings. The Morgan fingerprint density at radius 3 is 2.67 bits per heavy atom. The summed E-state index contributed by atoms with van der Waals surface area (Å²) in [5.74, 6) is -2.59. The summed E-state index contributed by atoms with van der Waals surface area (Å²) in [4.78, 5) is 11.7. The number of hydrogen-bond donors (Lipinski definition) is 0. The van der Waals surface area contributed by atoms with Gasteiger partial charge >= 0.3 is 0 Å². The van der Waals surface area contributed by atoms with Crippen molar-refractivity contribution in [2.75, 3.05) is 0 Å². The minimum Gasteiger partial charge on any atom is -0.294 e. The first kappa shape index (κ1) is 11.8. The molecule has 0 heterocycles. The van der Waals surface area contributed by atoms with Gasteiger partial charge in [0, 0.05) is 5.92 Å². The Kier molecular flexibility index (Phi) is 3.95. The lowest BCUT2D eigenvalue weighted by Gasteiger charge is -2.09. The summed E-state index contributed by atoms with van der Waals surface area (Å²) < 4.78 is 26.1. The van der Waals surface area contributed by atoms with E-state index in [1.807, 2.05) is 6.92 Å². The van der Waals surface area contributed by atoms with Crippen LogP contribution in [0.25, 0.3) is 0 Å². The Morgan fingerprint density at radius 2 is 2.07 bits per heavy atom. The Labute approximate surface area is 88.1 Å². The maximum atomic E-state index is 13.3. The summed E-state index contributed by atoms with van der Waals surface area (Å²) in [6.07, 6.45) is 1.54. The number of carbonyl (C=O) groups is 1. The van der Waals surface area contributed by atoms with Crippen LogP contribution in [0.3, 0.4) is 0 Å². The molecule has 0 aliphatic heterocycles. The molecule has 15 heavy (non-hydrogen) atoms. The van der Waals surface area contributed by atoms with Crippen LogP contribution in [0.1, 0.15) is 37.0 Å². The van der Waals surface area contributed by atoms with Gasteiger partial charge in [0.1, 0.15) is 0 Å². The molecule has 0 bridgehead atoms. The third-order valence-corrected chi connectivity index (χ3v) is 2.39. The summed E-state index contributed by atoms with van der Waals surface area (Å²) in [5.41, 5.74) is -0.143. The van der Waals surface area contributed by atoms with E-state index < -0.39 is 11.6 Å². The molecule has 0 aliphatic carbocycles. The smallest absolute Gasteiger partial charge is 0.169 e. The minimum absolute atomic E-state index is 0.143. The van der Waals surface area contributed by atoms with Crippen LogP contribution in [0.5, 0.6) is 0 Å². The molecule has 82 valence electrons. The first-order valence-corrected chi connectivity index (χ1v) is 5.06. The fraction of sp³-hybridized carbons (Fsp3) is 0.417. The second kappa shape index (κ2) is 5.01. The van der Waals surface area contributed by atoms with Gasteiger partial charge in [-0.1, -0.05) is 26.3 Å². The van der Waals surface area contributed by atoms with Crippen LogP contribution in [-0.2, 0) is 0 Å². The average Bonchev–Trinajstić information content (AvgIpc) is 2.21. The Balaban J connectivity index is 2.96. The maximum absolute atomic E-state index is 13.3. The molecule has 0 spiro atoms. The minimum atomic E-state index is -1.04. The van der Waals surface area contributed by atoms with Crippen LogP contribution in [0.2, 0.25) is 0 Å². The van der Waals surface area contributed by atoms with Crippen molar-refractivity contribution < 1.29 is 13.6 Å². The van der Waals surface area contributed by atoms with Crippen LogP contribution >= 0.6 is 0 Å². The lowest BCUT2D eigenvalue weighted by Crippen LogP contribution is -2.13. The number of hydrogen-bond acceptors (Lipinski definition) is 1. The average molecular weight is 212 g/mol. The van der Waals surface area contributed by atoms with E-state index in [0.717, 1.165) is 12.5 Å². The summed E-state index contributed by atoms with van der Waals surface area (Å²) >= 11 is 0. The summed E-state index contributed by atoms with van der Waals surface area (Å²) in [6.45, 7) is 3.68. The summed E-state index contributed by atoms with van der Waals surface area (Å²) in [6, 6.07) is 3.69. The molecule has 0 saturated heterocycles. The summed E-state index contributed by atoms with van der Waals surface area (Å²) in [5, 5.41) is 0. The fourth-order valence-electron chi connectivity index (χ4n) is 1.52. The highest BCUT2D eigenvalue weighted by Crippen LogP contribution is 2.18. The lowest BCUT2D eigenvalue weighted by molar-refractivity contribution is 0.0918. The van der Waals surface area contributed by atoms with Crippen LogP contribution in [-0.4, -0.2) is 5.78 Å². The van der Waals surface area contributed by atoms with E-state index in [4.69, 9.17) is 0 Å². The van der Waals surface area contributed by atoms with Crippen LogP contribution in [0.15, 0.2) is 18.2 Å². The van der Waals surface area contributed by atoms with E-state index in [2.05, 4.69) is 0 Å². The number of benzene rings is 1. The Bertz CT molecular complexity index is 361. The molecule has 0 aliphatic rings. The van der Waals surface area contributed by atoms with Crippen molar-refractivity contribution in [1.82, 2.24) is 0 Å². The standard InChI is InChI=1S/C12H14F2O/c1-3-5-8(2)12(15)9-6-4-7-10(13)11(9)14/h4,6-8H,3,5H2,1-2H3. The zero-order chi connectivity index (χ0) is 11.4. The van der Waals surface area contributed by atoms with Gasteiger partial charge in [0.15, 0.2) is 17.4 Å². The van der Waals surface area contributed by atoms with Crippen molar-refractivity contribution in [2.45, 2.75) is 26.7 Å². The second-order valence-corrected chi connectivity index (χ2v) is 3.66. The molecular weight excluding hydrogens is 198 g/mol. The zero-order valence-corrected chi connectivity index (χ0v) is 8.89. The quantitative estimate of drug-likeness (QED) is 0.697. The number of Topliss-reactive ketones (excluding diaryl/α,β-unsaturated/α-hetero) is 1. The molecule has 0 fully saturated rings. The van der Waals surface area contributed by atoms with E-state index in [-0.39, 0.29) is 17.3 Å². The third kappa shape index (κ3) is 2.61. The normalized spacial score (nSPS) is 12.5. The lowest BCUT2D eigenvalue weighted by atomic mass is 9.95. The van der Waals surface area contributed by atoms with Crippen molar-refractivity contribution in [1.29, 1.82) is 0 Å². The summed E-state index contributed by atoms with van der Waals surface area (Å²) in [7, 11) is 0. The van der Waals surface area contributed by atoms with Crippen LogP contribution in [0.4, 0.5) is 8.78 Å². The zero-order valence-electron chi connectivity index (χ0n) is 8.89. The number of ketones is 1. The molecular formula is C12H14F2O. The molecule has 1 atom stereocenters. The monoisotopic (exact) mass is 212 g/mol. The van der Waals surface area contributed by atoms with E-state index in [9.17, 15) is 13.6 Å². The first-order chi connectivity index (χ1) is 7.07. The van der Waals surface area contributed by atoms with Crippen LogP contribution in [0, 0.1) is 17.6 Å². The molecule has 0 N–H and O–H groups in total. The van der Waals surface area contributed by atoms with Gasteiger partial charge in [-0.05, 0) is 18.6 Å². The molecule has 1 rings (SSSR count). The Morgan fingerprint density at radius 1 is 1.40 bits per heavy atom. The van der Waals surface area contributed by atoms with E-state index in [0.29, 0.717) is 6.42 Å². The van der Waals surface area contributed by atoms with Crippen molar-refractivity contribution in [2.24, 2.45) is 5.92 Å². The van der Waals surface area contributed by atoms with E-state index >= 15 is 0 Å². The molecule has 0 aromatic heterocycles. The van der Waals surface area contributed by atoms with Gasteiger partial charge in [0.2, 0.25) is 0 Å². The molecule has 1 nitrogen and oxygen atoms in total. The number of rotatable bonds is 4. The number of halogens is 2. The first-order valence-electron chi connectivity index (χ1n) is 5.06. The van der Waals surface area contributed by atoms with Crippen molar-refractivity contribution in [3.63, 3.8) is 0 Å². The highest BCUT2D eigenvalue weighted by Gasteiger charge is 2.19. The molecule has 0 saturated carbocycles. The highest BCUT2D eigenvalue weighted by molar-refractivity contribution is 5.97. The third-order valence-electron chi connectivity index (χ3n) is 2.39. The fourth-order valence-corrected chi connectivity index (χ4v) is 1.52. The van der Waals surface area contributed by atoms with Gasteiger partial charge in [-0.25, -0.2) is 8.78 Å². The topological polar surface area (TPSA) is 17.1 Å². The molecule has 1 aromatic carbocycles. The molecule has 1 unspecified atom stereocenters. The maximum Gasteiger partial charge on any atom is 0.169 e. The van der Waals surface area contributed by atoms with Gasteiger partial charge < -0.3 is 0 Å². The van der Waals surface area contributed by atoms with E-state index in [1.165, 1.54) is 12.1 Å². The second-order valence-electron chi connectivity index (χ2n) is 3.66. The van der Waals surface area contributed by atoms with Crippen molar-refractivity contribution >= 4 is 5.78 Å². The van der Waals surface area contributed by atoms with Crippen molar-refractivity contribution in [3.8, 4) is 0 Å². The van der Waals surface area contributed by atoms with Gasteiger partial charge in [-0.3, -0.25) is 4.79 Å². The largest absolute Gasteiger partial charge is 0.294 e. The van der Waals surface area contributed by atoms with Crippen LogP contribution < -0.4 is 0 Å². The van der Waals surface area contributed by atoms with Gasteiger partial charge in [-0.2, -0.15) is 0 Å². The van der Waals surface area contributed by atoms with E-state index in [1.54, 1.807) is 6.92 Å². The van der Waals surface area contributed by atoms with Gasteiger partial charge in [0.25, 0.3) is 0 Å².